The minimum absolute atomic E-state index is 0.0387. The van der Waals surface area contributed by atoms with Crippen molar-refractivity contribution in [1.29, 1.82) is 0 Å². The van der Waals surface area contributed by atoms with Crippen LogP contribution in [0.3, 0.4) is 0 Å². The zero-order chi connectivity index (χ0) is 27.4. The number of nitrogens with zero attached hydrogens (tertiary/aromatic N) is 2. The van der Waals surface area contributed by atoms with Crippen LogP contribution in [0.4, 0.5) is 11.4 Å². The number of anilines is 2. The van der Waals surface area contributed by atoms with Crippen molar-refractivity contribution in [2.75, 3.05) is 16.9 Å². The molecule has 4 aromatic rings. The van der Waals surface area contributed by atoms with E-state index in [4.69, 9.17) is 21.7 Å². The van der Waals surface area contributed by atoms with Gasteiger partial charge >= 0.3 is 0 Å². The van der Waals surface area contributed by atoms with E-state index in [0.717, 1.165) is 5.56 Å². The highest BCUT2D eigenvalue weighted by atomic mass is 79.9. The topological polar surface area (TPSA) is 59.1 Å². The van der Waals surface area contributed by atoms with Crippen LogP contribution in [-0.2, 0) is 16.2 Å². The summed E-state index contributed by atoms with van der Waals surface area (Å²) in [6.07, 6.45) is 1.55. The molecule has 1 aliphatic heterocycles. The van der Waals surface area contributed by atoms with Crippen molar-refractivity contribution in [3.05, 3.63) is 124 Å². The summed E-state index contributed by atoms with van der Waals surface area (Å²) in [5, 5.41) is 0.0861. The van der Waals surface area contributed by atoms with Crippen molar-refractivity contribution >= 4 is 62.5 Å². The van der Waals surface area contributed by atoms with E-state index in [-0.39, 0.29) is 10.7 Å². The quantitative estimate of drug-likeness (QED) is 0.133. The molecule has 0 aromatic heterocycles. The number of para-hydroxylation sites is 2. The maximum atomic E-state index is 13.7. The van der Waals surface area contributed by atoms with Crippen LogP contribution in [0, 0.1) is 0 Å². The molecule has 194 valence electrons. The third kappa shape index (κ3) is 5.48. The molecule has 5 rings (SSSR count). The Bertz CT molecular complexity index is 1500. The minimum atomic E-state index is -0.511. The predicted octanol–water partition coefficient (Wildman–Crippen LogP) is 6.79. The molecule has 0 atom stereocenters. The number of carbonyl (C=O) groups is 2. The van der Waals surface area contributed by atoms with Crippen LogP contribution >= 0.6 is 28.1 Å². The number of methoxy groups -OCH3 is 1. The smallest absolute Gasteiger partial charge is 0.270 e. The van der Waals surface area contributed by atoms with Gasteiger partial charge in [0.1, 0.15) is 12.2 Å². The number of hydrogen-bond donors (Lipinski definition) is 0. The lowest BCUT2D eigenvalue weighted by Crippen LogP contribution is -2.56. The van der Waals surface area contributed by atoms with Crippen molar-refractivity contribution in [1.82, 2.24) is 0 Å². The van der Waals surface area contributed by atoms with E-state index in [0.29, 0.717) is 39.5 Å². The molecule has 0 unspecified atom stereocenters. The molecule has 4 aromatic carbocycles. The zero-order valence-corrected chi connectivity index (χ0v) is 23.3. The van der Waals surface area contributed by atoms with E-state index in [1.165, 1.54) is 16.9 Å². The molecule has 8 heteroatoms. The molecule has 0 bridgehead atoms. The maximum absolute atomic E-state index is 13.7. The van der Waals surface area contributed by atoms with Crippen LogP contribution in [-0.4, -0.2) is 24.0 Å². The zero-order valence-electron chi connectivity index (χ0n) is 20.9. The van der Waals surface area contributed by atoms with Gasteiger partial charge in [0, 0.05) is 0 Å². The van der Waals surface area contributed by atoms with E-state index in [1.807, 2.05) is 66.7 Å². The molecular formula is C31H23BrN2O4S. The van der Waals surface area contributed by atoms with Crippen LogP contribution in [0.15, 0.2) is 113 Å². The number of amides is 2. The fourth-order valence-electron chi connectivity index (χ4n) is 4.20. The van der Waals surface area contributed by atoms with Crippen LogP contribution in [0.2, 0.25) is 0 Å². The third-order valence-corrected chi connectivity index (χ3v) is 7.02. The molecule has 1 saturated heterocycles. The summed E-state index contributed by atoms with van der Waals surface area (Å²) in [6.45, 7) is 0.350. The predicted molar refractivity (Wildman–Crippen MR) is 160 cm³/mol. The second-order valence-corrected chi connectivity index (χ2v) is 9.82. The summed E-state index contributed by atoms with van der Waals surface area (Å²) in [5.74, 6) is -0.0493. The molecule has 1 aliphatic rings. The Balaban J connectivity index is 1.55. The number of hydrogen-bond acceptors (Lipinski definition) is 5. The van der Waals surface area contributed by atoms with E-state index in [2.05, 4.69) is 15.9 Å². The first-order chi connectivity index (χ1) is 19.0. The van der Waals surface area contributed by atoms with Gasteiger partial charge in [-0.05, 0) is 81.7 Å². The van der Waals surface area contributed by atoms with E-state index in [1.54, 1.807) is 42.5 Å². The molecule has 1 heterocycles. The van der Waals surface area contributed by atoms with Gasteiger partial charge in [0.2, 0.25) is 0 Å². The van der Waals surface area contributed by atoms with Crippen LogP contribution in [0.5, 0.6) is 11.5 Å². The van der Waals surface area contributed by atoms with Crippen molar-refractivity contribution in [3.63, 3.8) is 0 Å². The molecular weight excluding hydrogens is 576 g/mol. The molecule has 2 amide bonds. The van der Waals surface area contributed by atoms with Gasteiger partial charge in [0.15, 0.2) is 16.6 Å². The second-order valence-electron chi connectivity index (χ2n) is 8.60. The highest BCUT2D eigenvalue weighted by molar-refractivity contribution is 9.10. The van der Waals surface area contributed by atoms with Gasteiger partial charge in [-0.1, -0.05) is 66.7 Å². The van der Waals surface area contributed by atoms with Gasteiger partial charge < -0.3 is 9.47 Å². The normalized spacial score (nSPS) is 13.5. The van der Waals surface area contributed by atoms with Gasteiger partial charge in [-0.25, -0.2) is 0 Å². The summed E-state index contributed by atoms with van der Waals surface area (Å²) >= 11 is 9.24. The number of ether oxygens (including phenoxy) is 2. The molecule has 0 aliphatic carbocycles. The maximum Gasteiger partial charge on any atom is 0.270 e. The monoisotopic (exact) mass is 598 g/mol. The third-order valence-electron chi connectivity index (χ3n) is 6.07. The standard InChI is InChI=1S/C31H23BrN2O4S/c1-37-27-19-22(18-26(32)28(27)38-20-21-11-5-2-6-12-21)17-25-29(35)33(23-13-7-3-8-14-23)31(39)34(30(25)36)24-15-9-4-10-16-24/h2-19H,20H2,1H3. The number of thiocarbonyl (C=S) groups is 1. The first-order valence-corrected chi connectivity index (χ1v) is 13.3. The molecule has 6 nitrogen and oxygen atoms in total. The van der Waals surface area contributed by atoms with Gasteiger partial charge in [-0.15, -0.1) is 0 Å². The highest BCUT2D eigenvalue weighted by Gasteiger charge is 2.41. The fourth-order valence-corrected chi connectivity index (χ4v) is 5.15. The number of benzene rings is 4. The van der Waals surface area contributed by atoms with Gasteiger partial charge in [-0.2, -0.15) is 0 Å². The minimum Gasteiger partial charge on any atom is -0.493 e. The number of rotatable bonds is 7. The summed E-state index contributed by atoms with van der Waals surface area (Å²) in [7, 11) is 1.54. The van der Waals surface area contributed by atoms with Gasteiger partial charge in [0.25, 0.3) is 11.8 Å². The van der Waals surface area contributed by atoms with Crippen LogP contribution < -0.4 is 19.3 Å². The Morgan fingerprint density at radius 2 is 1.31 bits per heavy atom. The molecule has 0 spiro atoms. The van der Waals surface area contributed by atoms with Gasteiger partial charge in [0.05, 0.1) is 23.0 Å². The Kier molecular flexibility index (Phi) is 7.86. The van der Waals surface area contributed by atoms with Crippen LogP contribution in [0.1, 0.15) is 11.1 Å². The van der Waals surface area contributed by atoms with Crippen LogP contribution in [0.25, 0.3) is 6.08 Å². The molecule has 0 N–H and O–H groups in total. The molecule has 0 radical (unpaired) electrons. The van der Waals surface area contributed by atoms with E-state index < -0.39 is 11.8 Å². The largest absolute Gasteiger partial charge is 0.493 e. The van der Waals surface area contributed by atoms with Crippen molar-refractivity contribution in [2.24, 2.45) is 0 Å². The Morgan fingerprint density at radius 3 is 1.82 bits per heavy atom. The number of halogens is 1. The highest BCUT2D eigenvalue weighted by Crippen LogP contribution is 2.38. The summed E-state index contributed by atoms with van der Waals surface area (Å²) in [4.78, 5) is 30.2. The lowest BCUT2D eigenvalue weighted by molar-refractivity contribution is -0.120. The average Bonchev–Trinajstić information content (AvgIpc) is 2.96. The summed E-state index contributed by atoms with van der Waals surface area (Å²) < 4.78 is 12.3. The first kappa shape index (κ1) is 26.3. The van der Waals surface area contributed by atoms with Crippen molar-refractivity contribution < 1.29 is 19.1 Å². The Morgan fingerprint density at radius 1 is 0.795 bits per heavy atom. The second kappa shape index (κ2) is 11.6. The van der Waals surface area contributed by atoms with E-state index >= 15 is 0 Å². The number of carbonyl (C=O) groups excluding carboxylic acids is 2. The Hall–Kier alpha value is -4.27. The molecule has 1 fully saturated rings. The first-order valence-electron chi connectivity index (χ1n) is 12.1. The Labute approximate surface area is 240 Å². The summed E-state index contributed by atoms with van der Waals surface area (Å²) in [6, 6.07) is 31.4. The summed E-state index contributed by atoms with van der Waals surface area (Å²) in [5.41, 5.74) is 2.68. The van der Waals surface area contributed by atoms with Crippen molar-refractivity contribution in [2.45, 2.75) is 6.61 Å². The van der Waals surface area contributed by atoms with Gasteiger partial charge in [-0.3, -0.25) is 19.4 Å². The lowest BCUT2D eigenvalue weighted by Gasteiger charge is -2.36. The van der Waals surface area contributed by atoms with Crippen molar-refractivity contribution in [3.8, 4) is 11.5 Å². The molecule has 39 heavy (non-hydrogen) atoms. The average molecular weight is 600 g/mol. The SMILES string of the molecule is COc1cc(C=C2C(=O)N(c3ccccc3)C(=S)N(c3ccccc3)C2=O)cc(Br)c1OCc1ccccc1. The fraction of sp³-hybridized carbons (Fsp3) is 0.0645. The van der Waals surface area contributed by atoms with E-state index in [9.17, 15) is 9.59 Å². The lowest BCUT2D eigenvalue weighted by atomic mass is 10.0. The molecule has 0 saturated carbocycles.